The lowest BCUT2D eigenvalue weighted by molar-refractivity contribution is 0.0991. The van der Waals surface area contributed by atoms with Crippen LogP contribution in [0.4, 0.5) is 0 Å². The van der Waals surface area contributed by atoms with Gasteiger partial charge in [-0.2, -0.15) is 0 Å². The fourth-order valence-electron chi connectivity index (χ4n) is 3.34. The van der Waals surface area contributed by atoms with Gasteiger partial charge < -0.3 is 0 Å². The van der Waals surface area contributed by atoms with Gasteiger partial charge >= 0.3 is 0 Å². The molecule has 0 aromatic rings. The van der Waals surface area contributed by atoms with E-state index in [1.807, 2.05) is 6.08 Å². The third-order valence-corrected chi connectivity index (χ3v) is 4.88. The molecule has 0 radical (unpaired) electrons. The quantitative estimate of drug-likeness (QED) is 0.590. The minimum absolute atomic E-state index is 0.326. The van der Waals surface area contributed by atoms with E-state index in [0.29, 0.717) is 22.7 Å². The van der Waals surface area contributed by atoms with Crippen molar-refractivity contribution >= 4 is 0 Å². The Morgan fingerprint density at radius 1 is 1.11 bits per heavy atom. The van der Waals surface area contributed by atoms with E-state index in [1.165, 1.54) is 17.6 Å². The summed E-state index contributed by atoms with van der Waals surface area (Å²) in [6.07, 6.45) is 6.47. The minimum atomic E-state index is 0.326. The predicted molar refractivity (Wildman–Crippen MR) is 82.5 cm³/mol. The standard InChI is InChI=1S/C18H30/c1-9-13-12-15(17(4,5)6)16(14(13)10-2)18(7,8)11-3/h9-10,15-16H,1-2,11-12H2,3-8H3. The van der Waals surface area contributed by atoms with Gasteiger partial charge in [-0.1, -0.05) is 73.3 Å². The van der Waals surface area contributed by atoms with Crippen LogP contribution in [0.3, 0.4) is 0 Å². The molecule has 1 aliphatic carbocycles. The topological polar surface area (TPSA) is 0 Å². The van der Waals surface area contributed by atoms with E-state index in [2.05, 4.69) is 60.8 Å². The van der Waals surface area contributed by atoms with Gasteiger partial charge in [-0.3, -0.25) is 0 Å². The fourth-order valence-corrected chi connectivity index (χ4v) is 3.34. The summed E-state index contributed by atoms with van der Waals surface area (Å²) in [4.78, 5) is 0. The first-order chi connectivity index (χ1) is 8.19. The average Bonchev–Trinajstić information content (AvgIpc) is 2.67. The zero-order valence-corrected chi connectivity index (χ0v) is 13.1. The molecule has 0 N–H and O–H groups in total. The lowest BCUT2D eigenvalue weighted by Gasteiger charge is -2.42. The SMILES string of the molecule is C=CC1=C(C=C)C(C(C)(C)CC)C(C(C)(C)C)C1. The molecule has 0 amide bonds. The van der Waals surface area contributed by atoms with Crippen molar-refractivity contribution in [3.63, 3.8) is 0 Å². The van der Waals surface area contributed by atoms with Crippen molar-refractivity contribution in [3.05, 3.63) is 36.5 Å². The van der Waals surface area contributed by atoms with Crippen LogP contribution < -0.4 is 0 Å². The Morgan fingerprint density at radius 2 is 1.67 bits per heavy atom. The Kier molecular flexibility index (Phi) is 4.30. The molecule has 0 saturated carbocycles. The Balaban J connectivity index is 3.30. The van der Waals surface area contributed by atoms with Crippen LogP contribution >= 0.6 is 0 Å². The summed E-state index contributed by atoms with van der Waals surface area (Å²) in [5.41, 5.74) is 3.51. The summed E-state index contributed by atoms with van der Waals surface area (Å²) < 4.78 is 0. The number of hydrogen-bond acceptors (Lipinski definition) is 0. The highest BCUT2D eigenvalue weighted by Gasteiger charge is 2.45. The van der Waals surface area contributed by atoms with Crippen LogP contribution in [-0.4, -0.2) is 0 Å². The van der Waals surface area contributed by atoms with Gasteiger partial charge in [0, 0.05) is 0 Å². The average molecular weight is 246 g/mol. The molecule has 0 heteroatoms. The minimum Gasteiger partial charge on any atom is -0.0988 e. The first kappa shape index (κ1) is 15.3. The van der Waals surface area contributed by atoms with Gasteiger partial charge in [0.05, 0.1) is 0 Å². The van der Waals surface area contributed by atoms with Crippen molar-refractivity contribution in [2.24, 2.45) is 22.7 Å². The van der Waals surface area contributed by atoms with Crippen LogP contribution in [0, 0.1) is 22.7 Å². The molecular formula is C18H30. The van der Waals surface area contributed by atoms with E-state index in [1.54, 1.807) is 0 Å². The van der Waals surface area contributed by atoms with E-state index >= 15 is 0 Å². The van der Waals surface area contributed by atoms with Gasteiger partial charge in [-0.05, 0) is 40.2 Å². The highest BCUT2D eigenvalue weighted by Crippen LogP contribution is 2.54. The Hall–Kier alpha value is -0.780. The third kappa shape index (κ3) is 2.63. The molecule has 18 heavy (non-hydrogen) atoms. The molecular weight excluding hydrogens is 216 g/mol. The van der Waals surface area contributed by atoms with Gasteiger partial charge in [0.15, 0.2) is 0 Å². The zero-order chi connectivity index (χ0) is 14.1. The van der Waals surface area contributed by atoms with Gasteiger partial charge in [0.1, 0.15) is 0 Å². The molecule has 0 nitrogen and oxygen atoms in total. The lowest BCUT2D eigenvalue weighted by Crippen LogP contribution is -2.35. The molecule has 0 heterocycles. The van der Waals surface area contributed by atoms with E-state index in [9.17, 15) is 0 Å². The molecule has 0 aliphatic heterocycles. The number of hydrogen-bond donors (Lipinski definition) is 0. The largest absolute Gasteiger partial charge is 0.0988 e. The number of rotatable bonds is 4. The van der Waals surface area contributed by atoms with E-state index in [-0.39, 0.29) is 0 Å². The highest BCUT2D eigenvalue weighted by atomic mass is 14.5. The molecule has 2 atom stereocenters. The van der Waals surface area contributed by atoms with Crippen molar-refractivity contribution < 1.29 is 0 Å². The van der Waals surface area contributed by atoms with Gasteiger partial charge in [-0.25, -0.2) is 0 Å². The molecule has 0 bridgehead atoms. The van der Waals surface area contributed by atoms with Crippen LogP contribution in [0.1, 0.15) is 54.4 Å². The second-order valence-electron chi connectivity index (χ2n) is 7.39. The maximum atomic E-state index is 4.05. The summed E-state index contributed by atoms with van der Waals surface area (Å²) in [7, 11) is 0. The van der Waals surface area contributed by atoms with Crippen LogP contribution in [0.15, 0.2) is 36.5 Å². The maximum Gasteiger partial charge on any atom is -0.00717 e. The van der Waals surface area contributed by atoms with Crippen molar-refractivity contribution in [2.45, 2.75) is 54.4 Å². The molecule has 2 unspecified atom stereocenters. The Labute approximate surface area is 114 Å². The van der Waals surface area contributed by atoms with E-state index in [4.69, 9.17) is 0 Å². The normalized spacial score (nSPS) is 25.4. The zero-order valence-electron chi connectivity index (χ0n) is 13.1. The van der Waals surface area contributed by atoms with Gasteiger partial charge in [0.25, 0.3) is 0 Å². The predicted octanol–water partition coefficient (Wildman–Crippen LogP) is 5.77. The Morgan fingerprint density at radius 3 is 2.00 bits per heavy atom. The summed E-state index contributed by atoms with van der Waals surface area (Å²) >= 11 is 0. The molecule has 0 fully saturated rings. The summed E-state index contributed by atoms with van der Waals surface area (Å²) in [6.45, 7) is 22.2. The van der Waals surface area contributed by atoms with Crippen molar-refractivity contribution in [2.75, 3.05) is 0 Å². The van der Waals surface area contributed by atoms with Crippen LogP contribution in [0.2, 0.25) is 0 Å². The lowest BCUT2D eigenvalue weighted by atomic mass is 9.62. The van der Waals surface area contributed by atoms with Gasteiger partial charge in [0.2, 0.25) is 0 Å². The van der Waals surface area contributed by atoms with Crippen molar-refractivity contribution in [3.8, 4) is 0 Å². The van der Waals surface area contributed by atoms with Crippen LogP contribution in [0.5, 0.6) is 0 Å². The fraction of sp³-hybridized carbons (Fsp3) is 0.667. The maximum absolute atomic E-state index is 4.05. The molecule has 0 saturated heterocycles. The monoisotopic (exact) mass is 246 g/mol. The third-order valence-electron chi connectivity index (χ3n) is 4.88. The van der Waals surface area contributed by atoms with Crippen molar-refractivity contribution in [1.29, 1.82) is 0 Å². The summed E-state index contributed by atoms with van der Waals surface area (Å²) in [5, 5.41) is 0. The highest BCUT2D eigenvalue weighted by molar-refractivity contribution is 5.40. The first-order valence-corrected chi connectivity index (χ1v) is 7.17. The van der Waals surface area contributed by atoms with Gasteiger partial charge in [-0.15, -0.1) is 0 Å². The second kappa shape index (κ2) is 5.07. The Bertz CT molecular complexity index is 360. The molecule has 0 aromatic carbocycles. The van der Waals surface area contributed by atoms with E-state index < -0.39 is 0 Å². The summed E-state index contributed by atoms with van der Waals surface area (Å²) in [6, 6.07) is 0. The van der Waals surface area contributed by atoms with Crippen LogP contribution in [-0.2, 0) is 0 Å². The second-order valence-corrected chi connectivity index (χ2v) is 7.39. The van der Waals surface area contributed by atoms with Crippen molar-refractivity contribution in [1.82, 2.24) is 0 Å². The van der Waals surface area contributed by atoms with E-state index in [0.717, 1.165) is 6.42 Å². The smallest absolute Gasteiger partial charge is 0.00717 e. The molecule has 0 aromatic heterocycles. The first-order valence-electron chi connectivity index (χ1n) is 7.17. The van der Waals surface area contributed by atoms with Crippen LogP contribution in [0.25, 0.3) is 0 Å². The molecule has 0 spiro atoms. The molecule has 1 rings (SSSR count). The number of allylic oxidation sites excluding steroid dienone is 4. The molecule has 1 aliphatic rings. The molecule has 102 valence electrons. The summed E-state index contributed by atoms with van der Waals surface area (Å²) in [5.74, 6) is 1.29.